The van der Waals surface area contributed by atoms with Crippen LogP contribution in [0.2, 0.25) is 0 Å². The molecule has 27 heavy (non-hydrogen) atoms. The zero-order valence-corrected chi connectivity index (χ0v) is 16.0. The van der Waals surface area contributed by atoms with Crippen molar-refractivity contribution in [3.05, 3.63) is 84.4 Å². The van der Waals surface area contributed by atoms with Crippen LogP contribution in [-0.2, 0) is 16.6 Å². The number of methoxy groups -OCH3 is 2. The lowest BCUT2D eigenvalue weighted by molar-refractivity contribution is 0.409. The molecule has 6 heteroatoms. The van der Waals surface area contributed by atoms with Crippen molar-refractivity contribution in [2.45, 2.75) is 11.4 Å². The van der Waals surface area contributed by atoms with Crippen LogP contribution in [0, 0.1) is 0 Å². The summed E-state index contributed by atoms with van der Waals surface area (Å²) in [5, 5.41) is 0. The minimum absolute atomic E-state index is 0.133. The predicted molar refractivity (Wildman–Crippen MR) is 106 cm³/mol. The number of para-hydroxylation sites is 1. The predicted octanol–water partition coefficient (Wildman–Crippen LogP) is 4.10. The van der Waals surface area contributed by atoms with E-state index in [2.05, 4.69) is 0 Å². The van der Waals surface area contributed by atoms with Crippen molar-refractivity contribution in [2.75, 3.05) is 18.5 Å². The highest BCUT2D eigenvalue weighted by Gasteiger charge is 2.26. The van der Waals surface area contributed by atoms with Crippen LogP contribution in [0.5, 0.6) is 11.5 Å². The number of rotatable bonds is 7. The first kappa shape index (κ1) is 18.8. The smallest absolute Gasteiger partial charge is 0.264 e. The Morgan fingerprint density at radius 2 is 1.52 bits per heavy atom. The molecular weight excluding hydrogens is 362 g/mol. The molecule has 0 unspecified atom stereocenters. The molecule has 0 spiro atoms. The maximum atomic E-state index is 13.4. The van der Waals surface area contributed by atoms with E-state index in [4.69, 9.17) is 9.47 Å². The van der Waals surface area contributed by atoms with E-state index in [-0.39, 0.29) is 11.4 Å². The summed E-state index contributed by atoms with van der Waals surface area (Å²) >= 11 is 0. The monoisotopic (exact) mass is 383 g/mol. The quantitative estimate of drug-likeness (QED) is 0.616. The average Bonchev–Trinajstić information content (AvgIpc) is 2.72. The summed E-state index contributed by atoms with van der Waals surface area (Å²) in [5.41, 5.74) is 1.28. The highest BCUT2D eigenvalue weighted by atomic mass is 32.2. The molecule has 0 radical (unpaired) electrons. The van der Waals surface area contributed by atoms with Gasteiger partial charge in [0.15, 0.2) is 0 Å². The Kier molecular flexibility index (Phi) is 5.66. The SMILES string of the molecule is COc1cccc(N(Cc2ccccc2OC)S(=O)(=O)c2ccccc2)c1. The fraction of sp³-hybridized carbons (Fsp3) is 0.143. The molecule has 0 atom stereocenters. The van der Waals surface area contributed by atoms with E-state index in [1.54, 1.807) is 68.8 Å². The van der Waals surface area contributed by atoms with Crippen LogP contribution >= 0.6 is 0 Å². The van der Waals surface area contributed by atoms with Gasteiger partial charge in [0.25, 0.3) is 10.0 Å². The van der Waals surface area contributed by atoms with E-state index in [0.717, 1.165) is 5.56 Å². The zero-order valence-electron chi connectivity index (χ0n) is 15.2. The summed E-state index contributed by atoms with van der Waals surface area (Å²) in [6.07, 6.45) is 0. The summed E-state index contributed by atoms with van der Waals surface area (Å²) in [6, 6.07) is 22.8. The molecular formula is C21H21NO4S. The third kappa shape index (κ3) is 4.06. The number of hydrogen-bond acceptors (Lipinski definition) is 4. The molecule has 3 aromatic rings. The molecule has 0 heterocycles. The Morgan fingerprint density at radius 1 is 0.815 bits per heavy atom. The van der Waals surface area contributed by atoms with Gasteiger partial charge in [-0.1, -0.05) is 42.5 Å². The van der Waals surface area contributed by atoms with Gasteiger partial charge in [0.05, 0.1) is 31.3 Å². The molecule has 0 aromatic heterocycles. The van der Waals surface area contributed by atoms with Gasteiger partial charge < -0.3 is 9.47 Å². The largest absolute Gasteiger partial charge is 0.497 e. The summed E-state index contributed by atoms with van der Waals surface area (Å²) < 4.78 is 38.8. The molecule has 0 saturated carbocycles. The number of hydrogen-bond donors (Lipinski definition) is 0. The van der Waals surface area contributed by atoms with E-state index in [1.807, 2.05) is 24.3 Å². The summed E-state index contributed by atoms with van der Waals surface area (Å²) in [4.78, 5) is 0.225. The number of benzene rings is 3. The van der Waals surface area contributed by atoms with Crippen molar-refractivity contribution in [2.24, 2.45) is 0 Å². The fourth-order valence-corrected chi connectivity index (χ4v) is 4.24. The first-order valence-corrected chi connectivity index (χ1v) is 9.84. The second kappa shape index (κ2) is 8.14. The maximum Gasteiger partial charge on any atom is 0.264 e. The van der Waals surface area contributed by atoms with Gasteiger partial charge in [0.1, 0.15) is 11.5 Å². The lowest BCUT2D eigenvalue weighted by Gasteiger charge is -2.25. The van der Waals surface area contributed by atoms with Crippen molar-refractivity contribution in [1.29, 1.82) is 0 Å². The van der Waals surface area contributed by atoms with Crippen LogP contribution in [0.15, 0.2) is 83.8 Å². The minimum Gasteiger partial charge on any atom is -0.497 e. The standard InChI is InChI=1S/C21H21NO4S/c1-25-19-11-8-10-18(15-19)22(16-17-9-6-7-14-21(17)26-2)27(23,24)20-12-4-3-5-13-20/h3-15H,16H2,1-2H3. The van der Waals surface area contributed by atoms with Crippen LogP contribution < -0.4 is 13.8 Å². The van der Waals surface area contributed by atoms with Gasteiger partial charge in [0, 0.05) is 11.6 Å². The van der Waals surface area contributed by atoms with Crippen molar-refractivity contribution in [3.8, 4) is 11.5 Å². The van der Waals surface area contributed by atoms with Gasteiger partial charge >= 0.3 is 0 Å². The Labute approximate surface area is 159 Å². The van der Waals surface area contributed by atoms with Crippen molar-refractivity contribution in [1.82, 2.24) is 0 Å². The molecule has 3 aromatic carbocycles. The van der Waals surface area contributed by atoms with E-state index in [1.165, 1.54) is 4.31 Å². The molecule has 0 aliphatic rings. The van der Waals surface area contributed by atoms with E-state index in [9.17, 15) is 8.42 Å². The first-order valence-electron chi connectivity index (χ1n) is 8.40. The Morgan fingerprint density at radius 3 is 2.22 bits per heavy atom. The Bertz CT molecular complexity index is 1000. The summed E-state index contributed by atoms with van der Waals surface area (Å²) in [6.45, 7) is 0.133. The highest BCUT2D eigenvalue weighted by Crippen LogP contribution is 2.30. The third-order valence-electron chi connectivity index (χ3n) is 4.18. The lowest BCUT2D eigenvalue weighted by Crippen LogP contribution is -2.30. The average molecular weight is 383 g/mol. The molecule has 0 aliphatic heterocycles. The molecule has 3 rings (SSSR count). The van der Waals surface area contributed by atoms with Gasteiger partial charge in [-0.15, -0.1) is 0 Å². The Hall–Kier alpha value is -2.99. The number of anilines is 1. The van der Waals surface area contributed by atoms with Crippen LogP contribution in [0.3, 0.4) is 0 Å². The number of nitrogens with zero attached hydrogens (tertiary/aromatic N) is 1. The van der Waals surface area contributed by atoms with Crippen LogP contribution in [-0.4, -0.2) is 22.6 Å². The molecule has 0 bridgehead atoms. The van der Waals surface area contributed by atoms with E-state index < -0.39 is 10.0 Å². The minimum atomic E-state index is -3.78. The first-order chi connectivity index (χ1) is 13.1. The topological polar surface area (TPSA) is 55.8 Å². The van der Waals surface area contributed by atoms with E-state index in [0.29, 0.717) is 17.2 Å². The molecule has 0 aliphatic carbocycles. The fourth-order valence-electron chi connectivity index (χ4n) is 2.79. The van der Waals surface area contributed by atoms with Gasteiger partial charge in [-0.2, -0.15) is 0 Å². The Balaban J connectivity index is 2.11. The molecule has 0 fully saturated rings. The molecule has 140 valence electrons. The van der Waals surface area contributed by atoms with Crippen LogP contribution in [0.4, 0.5) is 5.69 Å². The summed E-state index contributed by atoms with van der Waals surface area (Å²) in [7, 11) is -0.659. The van der Waals surface area contributed by atoms with Crippen molar-refractivity contribution in [3.63, 3.8) is 0 Å². The molecule has 0 N–H and O–H groups in total. The number of sulfonamides is 1. The third-order valence-corrected chi connectivity index (χ3v) is 5.97. The molecule has 0 saturated heterocycles. The molecule has 5 nitrogen and oxygen atoms in total. The summed E-state index contributed by atoms with van der Waals surface area (Å²) in [5.74, 6) is 1.22. The number of ether oxygens (including phenoxy) is 2. The second-order valence-electron chi connectivity index (χ2n) is 5.84. The highest BCUT2D eigenvalue weighted by molar-refractivity contribution is 7.92. The van der Waals surface area contributed by atoms with Gasteiger partial charge in [-0.25, -0.2) is 8.42 Å². The maximum absolute atomic E-state index is 13.4. The second-order valence-corrected chi connectivity index (χ2v) is 7.70. The normalized spacial score (nSPS) is 11.0. The van der Waals surface area contributed by atoms with E-state index >= 15 is 0 Å². The van der Waals surface area contributed by atoms with Gasteiger partial charge in [-0.05, 0) is 30.3 Å². The van der Waals surface area contributed by atoms with Crippen LogP contribution in [0.25, 0.3) is 0 Å². The molecule has 0 amide bonds. The van der Waals surface area contributed by atoms with Gasteiger partial charge in [-0.3, -0.25) is 4.31 Å². The van der Waals surface area contributed by atoms with Gasteiger partial charge in [0.2, 0.25) is 0 Å². The van der Waals surface area contributed by atoms with Crippen molar-refractivity contribution < 1.29 is 17.9 Å². The van der Waals surface area contributed by atoms with Crippen LogP contribution in [0.1, 0.15) is 5.56 Å². The lowest BCUT2D eigenvalue weighted by atomic mass is 10.2. The zero-order chi connectivity index (χ0) is 19.3. The van der Waals surface area contributed by atoms with Crippen molar-refractivity contribution >= 4 is 15.7 Å².